The van der Waals surface area contributed by atoms with Gasteiger partial charge in [0.1, 0.15) is 11.5 Å². The maximum absolute atomic E-state index is 13.3. The molecule has 2 heterocycles. The lowest BCUT2D eigenvalue weighted by Gasteiger charge is -2.10. The number of rotatable bonds is 5. The molecule has 7 heteroatoms. The third-order valence-electron chi connectivity index (χ3n) is 3.84. The molecule has 0 saturated heterocycles. The van der Waals surface area contributed by atoms with E-state index in [2.05, 4.69) is 38.0 Å². The van der Waals surface area contributed by atoms with Gasteiger partial charge < -0.3 is 15.0 Å². The minimum atomic E-state index is -0.245. The summed E-state index contributed by atoms with van der Waals surface area (Å²) in [5, 5.41) is 6.46. The molecule has 0 spiro atoms. The van der Waals surface area contributed by atoms with E-state index in [4.69, 9.17) is 0 Å². The largest absolute Gasteiger partial charge is 0.357 e. The van der Waals surface area contributed by atoms with Gasteiger partial charge >= 0.3 is 0 Å². The molecule has 0 aliphatic rings. The molecular formula is C19H23FIN5. The number of imidazole rings is 1. The number of halogens is 2. The van der Waals surface area contributed by atoms with Gasteiger partial charge in [0.05, 0.1) is 18.8 Å². The third kappa shape index (κ3) is 5.17. The van der Waals surface area contributed by atoms with E-state index in [9.17, 15) is 4.39 Å². The molecule has 3 rings (SSSR count). The summed E-state index contributed by atoms with van der Waals surface area (Å²) in [6.07, 6.45) is 2.02. The lowest BCUT2D eigenvalue weighted by molar-refractivity contribution is 0.625. The van der Waals surface area contributed by atoms with Crippen molar-refractivity contribution in [3.8, 4) is 0 Å². The van der Waals surface area contributed by atoms with Crippen molar-refractivity contribution in [2.75, 3.05) is 6.54 Å². The number of nitrogens with zero attached hydrogens (tertiary/aromatic N) is 3. The minimum absolute atomic E-state index is 0. The molecule has 0 amide bonds. The van der Waals surface area contributed by atoms with Crippen molar-refractivity contribution >= 4 is 35.6 Å². The van der Waals surface area contributed by atoms with E-state index in [0.29, 0.717) is 19.0 Å². The van der Waals surface area contributed by atoms with Crippen LogP contribution in [0.2, 0.25) is 0 Å². The molecule has 0 aliphatic carbocycles. The van der Waals surface area contributed by atoms with E-state index in [-0.39, 0.29) is 29.8 Å². The van der Waals surface area contributed by atoms with Crippen LogP contribution < -0.4 is 10.6 Å². The quantitative estimate of drug-likeness (QED) is 0.342. The third-order valence-corrected chi connectivity index (χ3v) is 3.84. The highest BCUT2D eigenvalue weighted by molar-refractivity contribution is 14.0. The predicted octanol–water partition coefficient (Wildman–Crippen LogP) is 3.66. The fourth-order valence-corrected chi connectivity index (χ4v) is 2.61. The maximum Gasteiger partial charge on any atom is 0.191 e. The minimum Gasteiger partial charge on any atom is -0.357 e. The van der Waals surface area contributed by atoms with Crippen molar-refractivity contribution in [1.82, 2.24) is 20.0 Å². The fourth-order valence-electron chi connectivity index (χ4n) is 2.61. The first-order valence-electron chi connectivity index (χ1n) is 8.36. The SMILES string of the molecule is CCNC(=NCc1cccc(F)c1)NCc1cn2c(C)cccc2n1.I. The number of benzene rings is 1. The number of hydrogen-bond acceptors (Lipinski definition) is 2. The van der Waals surface area contributed by atoms with E-state index in [1.807, 2.05) is 31.3 Å². The number of hydrogen-bond donors (Lipinski definition) is 2. The van der Waals surface area contributed by atoms with Crippen LogP contribution in [-0.2, 0) is 13.1 Å². The Hall–Kier alpha value is -2.16. The van der Waals surface area contributed by atoms with Gasteiger partial charge in [0.2, 0.25) is 0 Å². The fraction of sp³-hybridized carbons (Fsp3) is 0.263. The van der Waals surface area contributed by atoms with Crippen molar-refractivity contribution in [2.45, 2.75) is 26.9 Å². The summed E-state index contributed by atoms with van der Waals surface area (Å²) in [4.78, 5) is 9.11. The average Bonchev–Trinajstić information content (AvgIpc) is 3.02. The molecule has 138 valence electrons. The van der Waals surface area contributed by atoms with Crippen molar-refractivity contribution in [1.29, 1.82) is 0 Å². The predicted molar refractivity (Wildman–Crippen MR) is 113 cm³/mol. The number of aromatic nitrogens is 2. The molecule has 26 heavy (non-hydrogen) atoms. The Labute approximate surface area is 169 Å². The second-order valence-electron chi connectivity index (χ2n) is 5.81. The highest BCUT2D eigenvalue weighted by Crippen LogP contribution is 2.08. The summed E-state index contributed by atoms with van der Waals surface area (Å²) in [6.45, 7) is 5.79. The Balaban J connectivity index is 0.00000243. The monoisotopic (exact) mass is 467 g/mol. The topological polar surface area (TPSA) is 53.7 Å². The van der Waals surface area contributed by atoms with E-state index in [0.717, 1.165) is 29.1 Å². The first-order valence-corrected chi connectivity index (χ1v) is 8.36. The van der Waals surface area contributed by atoms with Crippen molar-refractivity contribution < 1.29 is 4.39 Å². The van der Waals surface area contributed by atoms with Crippen LogP contribution in [0, 0.1) is 12.7 Å². The molecule has 5 nitrogen and oxygen atoms in total. The van der Waals surface area contributed by atoms with Crippen molar-refractivity contribution in [2.24, 2.45) is 4.99 Å². The zero-order valence-corrected chi connectivity index (χ0v) is 17.2. The lowest BCUT2D eigenvalue weighted by atomic mass is 10.2. The zero-order valence-electron chi connectivity index (χ0n) is 14.9. The van der Waals surface area contributed by atoms with Gasteiger partial charge in [-0.3, -0.25) is 0 Å². The van der Waals surface area contributed by atoms with E-state index >= 15 is 0 Å². The Bertz CT molecular complexity index is 891. The van der Waals surface area contributed by atoms with Crippen LogP contribution in [0.25, 0.3) is 5.65 Å². The molecule has 0 atom stereocenters. The van der Waals surface area contributed by atoms with Crippen molar-refractivity contribution in [3.05, 3.63) is 71.4 Å². The number of guanidine groups is 1. The maximum atomic E-state index is 13.3. The Kier molecular flexibility index (Phi) is 7.38. The van der Waals surface area contributed by atoms with Gasteiger partial charge in [-0.15, -0.1) is 24.0 Å². The average molecular weight is 467 g/mol. The van der Waals surface area contributed by atoms with Gasteiger partial charge in [-0.2, -0.15) is 0 Å². The molecule has 0 bridgehead atoms. The van der Waals surface area contributed by atoms with E-state index < -0.39 is 0 Å². The van der Waals surface area contributed by atoms with Gasteiger partial charge in [-0.1, -0.05) is 18.2 Å². The van der Waals surface area contributed by atoms with Gasteiger partial charge in [0.15, 0.2) is 5.96 Å². The van der Waals surface area contributed by atoms with E-state index in [1.54, 1.807) is 6.07 Å². The van der Waals surface area contributed by atoms with Crippen LogP contribution in [0.5, 0.6) is 0 Å². The lowest BCUT2D eigenvalue weighted by Crippen LogP contribution is -2.36. The molecular weight excluding hydrogens is 444 g/mol. The summed E-state index contributed by atoms with van der Waals surface area (Å²) in [5.74, 6) is 0.436. The van der Waals surface area contributed by atoms with Crippen LogP contribution in [-0.4, -0.2) is 21.9 Å². The highest BCUT2D eigenvalue weighted by atomic mass is 127. The molecule has 1 aromatic carbocycles. The molecule has 0 radical (unpaired) electrons. The Morgan fingerprint density at radius 1 is 1.19 bits per heavy atom. The Morgan fingerprint density at radius 3 is 2.73 bits per heavy atom. The van der Waals surface area contributed by atoms with Crippen LogP contribution >= 0.6 is 24.0 Å². The zero-order chi connectivity index (χ0) is 17.6. The number of nitrogens with one attached hydrogen (secondary N) is 2. The summed E-state index contributed by atoms with van der Waals surface area (Å²) >= 11 is 0. The first kappa shape index (κ1) is 20.2. The summed E-state index contributed by atoms with van der Waals surface area (Å²) in [7, 11) is 0. The molecule has 2 N–H and O–H groups in total. The van der Waals surface area contributed by atoms with Crippen LogP contribution in [0.1, 0.15) is 23.9 Å². The van der Waals surface area contributed by atoms with Gasteiger partial charge in [-0.05, 0) is 43.7 Å². The second kappa shape index (κ2) is 9.51. The molecule has 0 fully saturated rings. The van der Waals surface area contributed by atoms with Crippen LogP contribution in [0.4, 0.5) is 4.39 Å². The van der Waals surface area contributed by atoms with Gasteiger partial charge in [0.25, 0.3) is 0 Å². The number of fused-ring (bicyclic) bond motifs is 1. The summed E-state index contributed by atoms with van der Waals surface area (Å²) in [6, 6.07) is 12.5. The molecule has 0 unspecified atom stereocenters. The first-order chi connectivity index (χ1) is 12.2. The van der Waals surface area contributed by atoms with Gasteiger partial charge in [-0.25, -0.2) is 14.4 Å². The highest BCUT2D eigenvalue weighted by Gasteiger charge is 2.04. The van der Waals surface area contributed by atoms with Crippen LogP contribution in [0.15, 0.2) is 53.7 Å². The number of pyridine rings is 1. The Morgan fingerprint density at radius 2 is 2.00 bits per heavy atom. The molecule has 3 aromatic rings. The van der Waals surface area contributed by atoms with E-state index in [1.165, 1.54) is 12.1 Å². The van der Waals surface area contributed by atoms with Crippen molar-refractivity contribution in [3.63, 3.8) is 0 Å². The van der Waals surface area contributed by atoms with Crippen LogP contribution in [0.3, 0.4) is 0 Å². The molecule has 0 saturated carbocycles. The van der Waals surface area contributed by atoms with Gasteiger partial charge in [0, 0.05) is 18.4 Å². The standard InChI is InChI=1S/C19H22FN5.HI/c1-3-21-19(22-11-15-7-5-8-16(20)10-15)23-12-17-13-25-14(2)6-4-9-18(25)24-17;/h4-10,13H,3,11-12H2,1-2H3,(H2,21,22,23);1H. The summed E-state index contributed by atoms with van der Waals surface area (Å²) < 4.78 is 15.3. The normalized spacial score (nSPS) is 11.3. The second-order valence-corrected chi connectivity index (χ2v) is 5.81. The smallest absolute Gasteiger partial charge is 0.191 e. The summed E-state index contributed by atoms with van der Waals surface area (Å²) in [5.41, 5.74) is 3.84. The molecule has 0 aliphatic heterocycles. The number of aliphatic imine (C=N–C) groups is 1. The number of aryl methyl sites for hydroxylation is 1. The molecule has 2 aromatic heterocycles.